The fourth-order valence-corrected chi connectivity index (χ4v) is 4.29. The lowest BCUT2D eigenvalue weighted by atomic mass is 9.95. The zero-order valence-corrected chi connectivity index (χ0v) is 19.7. The van der Waals surface area contributed by atoms with Crippen LogP contribution in [0.2, 0.25) is 0 Å². The highest BCUT2D eigenvalue weighted by molar-refractivity contribution is 7.99. The van der Waals surface area contributed by atoms with Crippen molar-refractivity contribution >= 4 is 23.7 Å². The first-order chi connectivity index (χ1) is 14.9. The number of nitrogens with one attached hydrogen (secondary N) is 1. The molecule has 3 rings (SSSR count). The third kappa shape index (κ3) is 4.98. The molecule has 0 saturated heterocycles. The van der Waals surface area contributed by atoms with E-state index in [2.05, 4.69) is 17.2 Å². The van der Waals surface area contributed by atoms with Crippen molar-refractivity contribution in [1.29, 1.82) is 0 Å². The predicted molar refractivity (Wildman–Crippen MR) is 121 cm³/mol. The van der Waals surface area contributed by atoms with Crippen LogP contribution in [0.5, 0.6) is 11.5 Å². The topological polar surface area (TPSA) is 87.5 Å². The summed E-state index contributed by atoms with van der Waals surface area (Å²) in [4.78, 5) is 17.7. The Morgan fingerprint density at radius 1 is 1.26 bits per heavy atom. The van der Waals surface area contributed by atoms with Crippen molar-refractivity contribution in [3.63, 3.8) is 0 Å². The lowest BCUT2D eigenvalue weighted by Crippen LogP contribution is -2.30. The van der Waals surface area contributed by atoms with E-state index in [0.717, 1.165) is 24.2 Å². The summed E-state index contributed by atoms with van der Waals surface area (Å²) in [5.41, 5.74) is 2.00. The van der Waals surface area contributed by atoms with Gasteiger partial charge in [-0.25, -0.2) is 9.48 Å². The molecule has 1 aliphatic rings. The fraction of sp³-hybridized carbons (Fsp3) is 0.500. The highest BCUT2D eigenvalue weighted by Gasteiger charge is 2.36. The predicted octanol–water partition coefficient (Wildman–Crippen LogP) is 4.43. The number of hydrogen-bond donors (Lipinski definition) is 1. The van der Waals surface area contributed by atoms with E-state index in [1.54, 1.807) is 30.7 Å². The first-order valence-electron chi connectivity index (χ1n) is 10.4. The number of aromatic nitrogens is 3. The molecule has 0 saturated carbocycles. The number of methoxy groups -OCH3 is 2. The smallest absolute Gasteiger partial charge is 0.338 e. The van der Waals surface area contributed by atoms with Gasteiger partial charge in [-0.05, 0) is 44.9 Å². The van der Waals surface area contributed by atoms with E-state index in [0.29, 0.717) is 33.9 Å². The maximum atomic E-state index is 13.1. The average Bonchev–Trinajstić information content (AvgIpc) is 3.13. The molecule has 1 aromatic carbocycles. The number of esters is 1. The zero-order valence-electron chi connectivity index (χ0n) is 18.9. The van der Waals surface area contributed by atoms with Gasteiger partial charge in [-0.3, -0.25) is 0 Å². The summed E-state index contributed by atoms with van der Waals surface area (Å²) in [6.07, 6.45) is 1.96. The van der Waals surface area contributed by atoms with Crippen LogP contribution in [0, 0.1) is 0 Å². The SMILES string of the molecule is CCCCSc1nc2n(n1)C(c1ccc(OC)c(OC)c1)C(C(=O)OC(C)C)=C(C)N2. The molecule has 9 heteroatoms. The number of allylic oxidation sites excluding steroid dienone is 1. The standard InChI is InChI=1S/C22H30N4O4S/c1-7-8-11-31-22-24-21-23-14(4)18(20(27)30-13(2)3)19(26(21)25-22)15-9-10-16(28-5)17(12-15)29-6/h9-10,12-13,19H,7-8,11H2,1-6H3,(H,23,24,25). The van der Waals surface area contributed by atoms with E-state index < -0.39 is 6.04 Å². The highest BCUT2D eigenvalue weighted by atomic mass is 32.2. The van der Waals surface area contributed by atoms with Gasteiger partial charge in [0.05, 0.1) is 25.9 Å². The largest absolute Gasteiger partial charge is 0.493 e. The third-order valence-electron chi connectivity index (χ3n) is 4.85. The molecule has 31 heavy (non-hydrogen) atoms. The summed E-state index contributed by atoms with van der Waals surface area (Å²) in [6, 6.07) is 5.09. The summed E-state index contributed by atoms with van der Waals surface area (Å²) in [7, 11) is 3.18. The van der Waals surface area contributed by atoms with Crippen LogP contribution in [-0.4, -0.2) is 46.8 Å². The van der Waals surface area contributed by atoms with Crippen LogP contribution in [0.25, 0.3) is 0 Å². The Bertz CT molecular complexity index is 970. The number of ether oxygens (including phenoxy) is 3. The van der Waals surface area contributed by atoms with Crippen molar-refractivity contribution in [2.45, 2.75) is 57.8 Å². The molecule has 1 aromatic heterocycles. The number of carbonyl (C=O) groups excluding carboxylic acids is 1. The van der Waals surface area contributed by atoms with Crippen molar-refractivity contribution < 1.29 is 19.0 Å². The lowest BCUT2D eigenvalue weighted by molar-refractivity contribution is -0.143. The Hall–Kier alpha value is -2.68. The molecule has 2 heterocycles. The third-order valence-corrected chi connectivity index (χ3v) is 5.77. The number of nitrogens with zero attached hydrogens (tertiary/aromatic N) is 3. The van der Waals surface area contributed by atoms with Crippen molar-refractivity contribution in [2.75, 3.05) is 25.3 Å². The van der Waals surface area contributed by atoms with Gasteiger partial charge in [0.15, 0.2) is 11.5 Å². The molecule has 0 spiro atoms. The van der Waals surface area contributed by atoms with Crippen LogP contribution >= 0.6 is 11.8 Å². The second kappa shape index (κ2) is 10.1. The minimum Gasteiger partial charge on any atom is -0.493 e. The molecule has 1 aliphatic heterocycles. The molecule has 1 atom stereocenters. The lowest BCUT2D eigenvalue weighted by Gasteiger charge is -2.29. The van der Waals surface area contributed by atoms with Crippen LogP contribution in [0.15, 0.2) is 34.6 Å². The summed E-state index contributed by atoms with van der Waals surface area (Å²) >= 11 is 1.61. The van der Waals surface area contributed by atoms with Gasteiger partial charge in [0, 0.05) is 11.4 Å². The molecule has 2 aromatic rings. The number of benzene rings is 1. The van der Waals surface area contributed by atoms with E-state index in [-0.39, 0.29) is 12.1 Å². The van der Waals surface area contributed by atoms with E-state index in [1.165, 1.54) is 0 Å². The first kappa shape index (κ1) is 23.0. The van der Waals surface area contributed by atoms with Gasteiger partial charge in [-0.1, -0.05) is 31.2 Å². The van der Waals surface area contributed by atoms with Crippen molar-refractivity contribution in [1.82, 2.24) is 14.8 Å². The fourth-order valence-electron chi connectivity index (χ4n) is 3.37. The quantitative estimate of drug-likeness (QED) is 0.344. The van der Waals surface area contributed by atoms with Gasteiger partial charge in [0.1, 0.15) is 6.04 Å². The van der Waals surface area contributed by atoms with Crippen molar-refractivity contribution in [3.8, 4) is 11.5 Å². The number of carbonyl (C=O) groups is 1. The molecule has 0 bridgehead atoms. The van der Waals surface area contributed by atoms with E-state index in [9.17, 15) is 4.79 Å². The van der Waals surface area contributed by atoms with Crippen LogP contribution in [-0.2, 0) is 9.53 Å². The molecular weight excluding hydrogens is 416 g/mol. The van der Waals surface area contributed by atoms with Gasteiger partial charge >= 0.3 is 5.97 Å². The maximum absolute atomic E-state index is 13.1. The van der Waals surface area contributed by atoms with Crippen LogP contribution in [0.1, 0.15) is 52.1 Å². The Labute approximate surface area is 187 Å². The Morgan fingerprint density at radius 3 is 2.65 bits per heavy atom. The molecular formula is C22H30N4O4S. The minimum atomic E-state index is -0.504. The molecule has 8 nitrogen and oxygen atoms in total. The number of anilines is 1. The second-order valence-corrected chi connectivity index (χ2v) is 8.56. The summed E-state index contributed by atoms with van der Waals surface area (Å²) in [5, 5.41) is 8.62. The molecule has 0 aliphatic carbocycles. The summed E-state index contributed by atoms with van der Waals surface area (Å²) < 4.78 is 18.2. The number of hydrogen-bond acceptors (Lipinski definition) is 8. The van der Waals surface area contributed by atoms with Crippen molar-refractivity contribution in [2.24, 2.45) is 0 Å². The highest BCUT2D eigenvalue weighted by Crippen LogP contribution is 2.39. The van der Waals surface area contributed by atoms with Gasteiger partial charge < -0.3 is 19.5 Å². The van der Waals surface area contributed by atoms with Gasteiger partial charge in [-0.2, -0.15) is 4.98 Å². The minimum absolute atomic E-state index is 0.240. The maximum Gasteiger partial charge on any atom is 0.338 e. The van der Waals surface area contributed by atoms with Gasteiger partial charge in [0.25, 0.3) is 0 Å². The first-order valence-corrected chi connectivity index (χ1v) is 11.4. The molecule has 168 valence electrons. The number of rotatable bonds is 9. The van der Waals surface area contributed by atoms with Crippen LogP contribution < -0.4 is 14.8 Å². The molecule has 1 N–H and O–H groups in total. The Morgan fingerprint density at radius 2 is 2.00 bits per heavy atom. The Kier molecular flexibility index (Phi) is 7.48. The van der Waals surface area contributed by atoms with Crippen LogP contribution in [0.3, 0.4) is 0 Å². The van der Waals surface area contributed by atoms with E-state index >= 15 is 0 Å². The number of unbranched alkanes of at least 4 members (excludes halogenated alkanes) is 1. The second-order valence-electron chi connectivity index (χ2n) is 7.50. The van der Waals surface area contributed by atoms with Gasteiger partial charge in [-0.15, -0.1) is 5.10 Å². The average molecular weight is 447 g/mol. The Balaban J connectivity index is 2.09. The molecule has 0 fully saturated rings. The molecule has 0 radical (unpaired) electrons. The van der Waals surface area contributed by atoms with Crippen LogP contribution in [0.4, 0.5) is 5.95 Å². The summed E-state index contributed by atoms with van der Waals surface area (Å²) in [6.45, 7) is 7.67. The summed E-state index contributed by atoms with van der Waals surface area (Å²) in [5.74, 6) is 2.34. The van der Waals surface area contributed by atoms with E-state index in [4.69, 9.17) is 19.3 Å². The van der Waals surface area contributed by atoms with Gasteiger partial charge in [0.2, 0.25) is 11.1 Å². The normalized spacial score (nSPS) is 15.5. The molecule has 0 amide bonds. The monoisotopic (exact) mass is 446 g/mol. The zero-order chi connectivity index (χ0) is 22.5. The molecule has 1 unspecified atom stereocenters. The van der Waals surface area contributed by atoms with E-state index in [1.807, 2.05) is 39.0 Å². The number of fused-ring (bicyclic) bond motifs is 1. The van der Waals surface area contributed by atoms with Crippen molar-refractivity contribution in [3.05, 3.63) is 35.0 Å². The number of thioether (sulfide) groups is 1.